The van der Waals surface area contributed by atoms with Crippen LogP contribution in [0.3, 0.4) is 0 Å². The molecule has 1 heterocycles. The number of rotatable bonds is 5. The first-order valence-electron chi connectivity index (χ1n) is 8.36. The van der Waals surface area contributed by atoms with Gasteiger partial charge in [0, 0.05) is 19.1 Å². The Morgan fingerprint density at radius 1 is 1.19 bits per heavy atom. The molecule has 0 radical (unpaired) electrons. The van der Waals surface area contributed by atoms with Crippen molar-refractivity contribution in [3.8, 4) is 0 Å². The number of nitrogens with zero attached hydrogens (tertiary/aromatic N) is 3. The van der Waals surface area contributed by atoms with Crippen LogP contribution in [0.1, 0.15) is 52.4 Å². The smallest absolute Gasteiger partial charge is 0.191 e. The number of hydrogen-bond acceptors (Lipinski definition) is 2. The van der Waals surface area contributed by atoms with Gasteiger partial charge in [0.2, 0.25) is 0 Å². The van der Waals surface area contributed by atoms with E-state index >= 15 is 0 Å². The van der Waals surface area contributed by atoms with Gasteiger partial charge in [-0.25, -0.2) is 0 Å². The first-order chi connectivity index (χ1) is 9.59. The van der Waals surface area contributed by atoms with Crippen LogP contribution in [0, 0.1) is 5.92 Å². The highest BCUT2D eigenvalue weighted by Gasteiger charge is 2.28. The molecule has 5 heteroatoms. The summed E-state index contributed by atoms with van der Waals surface area (Å²) in [5.41, 5.74) is 6.12. The third kappa shape index (κ3) is 5.93. The van der Waals surface area contributed by atoms with E-state index in [4.69, 9.17) is 10.7 Å². The molecule has 0 aromatic heterocycles. The van der Waals surface area contributed by atoms with Gasteiger partial charge in [-0.05, 0) is 44.7 Å². The van der Waals surface area contributed by atoms with Crippen LogP contribution in [0.25, 0.3) is 0 Å². The molecule has 0 aromatic rings. The van der Waals surface area contributed by atoms with Crippen molar-refractivity contribution in [3.63, 3.8) is 0 Å². The van der Waals surface area contributed by atoms with Gasteiger partial charge in [-0.1, -0.05) is 26.7 Å². The van der Waals surface area contributed by atoms with Crippen LogP contribution >= 0.6 is 24.0 Å². The highest BCUT2D eigenvalue weighted by molar-refractivity contribution is 14.0. The Hall–Kier alpha value is -0.0400. The molecule has 2 fully saturated rings. The zero-order chi connectivity index (χ0) is 14.5. The van der Waals surface area contributed by atoms with Crippen molar-refractivity contribution in [2.75, 3.05) is 26.7 Å². The third-order valence-corrected chi connectivity index (χ3v) is 4.78. The molecule has 1 saturated heterocycles. The van der Waals surface area contributed by atoms with Crippen molar-refractivity contribution in [1.29, 1.82) is 0 Å². The van der Waals surface area contributed by atoms with Crippen molar-refractivity contribution in [3.05, 3.63) is 0 Å². The molecule has 2 N–H and O–H groups in total. The predicted octanol–water partition coefficient (Wildman–Crippen LogP) is 2.91. The second-order valence-electron chi connectivity index (χ2n) is 6.80. The Labute approximate surface area is 147 Å². The Bertz CT molecular complexity index is 320. The molecule has 21 heavy (non-hydrogen) atoms. The van der Waals surface area contributed by atoms with Crippen molar-refractivity contribution in [2.24, 2.45) is 16.6 Å². The molecule has 0 aromatic carbocycles. The summed E-state index contributed by atoms with van der Waals surface area (Å²) in [5.74, 6) is 1.36. The van der Waals surface area contributed by atoms with E-state index in [9.17, 15) is 0 Å². The molecule has 0 bridgehead atoms. The molecule has 1 aliphatic carbocycles. The summed E-state index contributed by atoms with van der Waals surface area (Å²) in [4.78, 5) is 9.49. The summed E-state index contributed by atoms with van der Waals surface area (Å²) in [6.07, 6.45) is 7.99. The molecule has 2 rings (SSSR count). The third-order valence-electron chi connectivity index (χ3n) is 4.78. The lowest BCUT2D eigenvalue weighted by Gasteiger charge is -2.32. The number of likely N-dealkylation sites (tertiary alicyclic amines) is 1. The number of halogens is 1. The SMILES string of the molecule is CC(C)C(CN=C(N)N(C)C1CC1)N1CCCCCC1.I. The zero-order valence-electron chi connectivity index (χ0n) is 13.9. The highest BCUT2D eigenvalue weighted by Crippen LogP contribution is 2.25. The topological polar surface area (TPSA) is 44.9 Å². The van der Waals surface area contributed by atoms with Gasteiger partial charge in [0.15, 0.2) is 5.96 Å². The molecule has 0 spiro atoms. The quantitative estimate of drug-likeness (QED) is 0.432. The minimum absolute atomic E-state index is 0. The van der Waals surface area contributed by atoms with Gasteiger partial charge < -0.3 is 10.6 Å². The van der Waals surface area contributed by atoms with E-state index in [1.807, 2.05) is 0 Å². The minimum Gasteiger partial charge on any atom is -0.370 e. The Balaban J connectivity index is 0.00000220. The molecule has 0 amide bonds. The summed E-state index contributed by atoms with van der Waals surface area (Å²) in [7, 11) is 2.08. The van der Waals surface area contributed by atoms with Gasteiger partial charge in [0.1, 0.15) is 0 Å². The number of nitrogens with two attached hydrogens (primary N) is 1. The lowest BCUT2D eigenvalue weighted by Crippen LogP contribution is -2.43. The van der Waals surface area contributed by atoms with Crippen LogP contribution in [-0.4, -0.2) is 54.5 Å². The molecule has 1 saturated carbocycles. The van der Waals surface area contributed by atoms with Crippen LogP contribution in [0.4, 0.5) is 0 Å². The molecule has 1 aliphatic heterocycles. The van der Waals surface area contributed by atoms with Gasteiger partial charge in [0.05, 0.1) is 6.54 Å². The summed E-state index contributed by atoms with van der Waals surface area (Å²) >= 11 is 0. The maximum absolute atomic E-state index is 6.12. The lowest BCUT2D eigenvalue weighted by molar-refractivity contribution is 0.165. The second kappa shape index (κ2) is 9.18. The monoisotopic (exact) mass is 408 g/mol. The first kappa shape index (κ1) is 19.0. The number of hydrogen-bond donors (Lipinski definition) is 1. The lowest BCUT2D eigenvalue weighted by atomic mass is 10.0. The fraction of sp³-hybridized carbons (Fsp3) is 0.938. The molecule has 1 unspecified atom stereocenters. The maximum Gasteiger partial charge on any atom is 0.191 e. The predicted molar refractivity (Wildman–Crippen MR) is 101 cm³/mol. The fourth-order valence-corrected chi connectivity index (χ4v) is 3.12. The minimum atomic E-state index is 0. The maximum atomic E-state index is 6.12. The van der Waals surface area contributed by atoms with Crippen LogP contribution in [-0.2, 0) is 0 Å². The van der Waals surface area contributed by atoms with E-state index in [2.05, 4.69) is 30.7 Å². The van der Waals surface area contributed by atoms with E-state index in [1.165, 1.54) is 51.6 Å². The van der Waals surface area contributed by atoms with E-state index in [0.717, 1.165) is 12.5 Å². The van der Waals surface area contributed by atoms with E-state index in [0.29, 0.717) is 18.0 Å². The standard InChI is InChI=1S/C16H32N4.HI/c1-13(2)15(20-10-6-4-5-7-11-20)12-18-16(17)19(3)14-8-9-14;/h13-15H,4-12H2,1-3H3,(H2,17,18);1H. The Kier molecular flexibility index (Phi) is 8.31. The molecule has 1 atom stereocenters. The van der Waals surface area contributed by atoms with Gasteiger partial charge in [-0.2, -0.15) is 0 Å². The zero-order valence-corrected chi connectivity index (χ0v) is 16.3. The number of guanidine groups is 1. The average Bonchev–Trinajstić information content (AvgIpc) is 3.24. The summed E-state index contributed by atoms with van der Waals surface area (Å²) < 4.78 is 0. The van der Waals surface area contributed by atoms with Crippen molar-refractivity contribution < 1.29 is 0 Å². The highest BCUT2D eigenvalue weighted by atomic mass is 127. The van der Waals surface area contributed by atoms with Gasteiger partial charge in [-0.3, -0.25) is 9.89 Å². The number of aliphatic imine (C=N–C) groups is 1. The first-order valence-corrected chi connectivity index (χ1v) is 8.36. The van der Waals surface area contributed by atoms with Gasteiger partial charge >= 0.3 is 0 Å². The molecule has 2 aliphatic rings. The Morgan fingerprint density at radius 3 is 2.24 bits per heavy atom. The molecular weight excluding hydrogens is 375 g/mol. The van der Waals surface area contributed by atoms with Crippen LogP contribution in [0.5, 0.6) is 0 Å². The van der Waals surface area contributed by atoms with Crippen LogP contribution < -0.4 is 5.73 Å². The largest absolute Gasteiger partial charge is 0.370 e. The van der Waals surface area contributed by atoms with E-state index < -0.39 is 0 Å². The second-order valence-corrected chi connectivity index (χ2v) is 6.80. The summed E-state index contributed by atoms with van der Waals surface area (Å²) in [6.45, 7) is 7.94. The van der Waals surface area contributed by atoms with Gasteiger partial charge in [-0.15, -0.1) is 24.0 Å². The van der Waals surface area contributed by atoms with Crippen molar-refractivity contribution in [2.45, 2.75) is 64.5 Å². The van der Waals surface area contributed by atoms with Crippen LogP contribution in [0.15, 0.2) is 4.99 Å². The summed E-state index contributed by atoms with van der Waals surface area (Å²) in [6, 6.07) is 1.19. The van der Waals surface area contributed by atoms with Crippen LogP contribution in [0.2, 0.25) is 0 Å². The average molecular weight is 408 g/mol. The van der Waals surface area contributed by atoms with E-state index in [-0.39, 0.29) is 24.0 Å². The normalized spacial score (nSPS) is 22.6. The van der Waals surface area contributed by atoms with Crippen molar-refractivity contribution >= 4 is 29.9 Å². The Morgan fingerprint density at radius 2 is 1.76 bits per heavy atom. The van der Waals surface area contributed by atoms with Gasteiger partial charge in [0.25, 0.3) is 0 Å². The summed E-state index contributed by atoms with van der Waals surface area (Å²) in [5, 5.41) is 0. The fourth-order valence-electron chi connectivity index (χ4n) is 3.12. The molecule has 124 valence electrons. The molecular formula is C16H33IN4. The molecule has 4 nitrogen and oxygen atoms in total. The van der Waals surface area contributed by atoms with Crippen molar-refractivity contribution in [1.82, 2.24) is 9.80 Å². The van der Waals surface area contributed by atoms with E-state index in [1.54, 1.807) is 0 Å².